The number of fused-ring (bicyclic) bond motifs is 9. The van der Waals surface area contributed by atoms with Gasteiger partial charge in [0.1, 0.15) is 22.7 Å². The number of hydrogen-bond donors (Lipinski definition) is 0. The van der Waals surface area contributed by atoms with E-state index in [2.05, 4.69) is 254 Å². The second kappa shape index (κ2) is 16.6. The van der Waals surface area contributed by atoms with Gasteiger partial charge >= 0.3 is 0 Å². The van der Waals surface area contributed by atoms with E-state index in [1.165, 1.54) is 54.7 Å². The van der Waals surface area contributed by atoms with Crippen LogP contribution in [0, 0.1) is 13.8 Å². The van der Waals surface area contributed by atoms with Gasteiger partial charge < -0.3 is 19.0 Å². The maximum atomic E-state index is 7.08. The molecular weight excluding hydrogens is 877 g/mol. The molecule has 340 valence electrons. The van der Waals surface area contributed by atoms with Gasteiger partial charge in [0.25, 0.3) is 0 Å². The number of furan rings is 1. The molecule has 1 aromatic heterocycles. The summed E-state index contributed by atoms with van der Waals surface area (Å²) in [6.07, 6.45) is 0. The molecule has 0 bridgehead atoms. The van der Waals surface area contributed by atoms with Crippen molar-refractivity contribution >= 4 is 88.4 Å². The van der Waals surface area contributed by atoms with E-state index in [0.29, 0.717) is 0 Å². The average Bonchev–Trinajstić information content (AvgIpc) is 3.80. The molecule has 0 fully saturated rings. The van der Waals surface area contributed by atoms with Gasteiger partial charge in [0.2, 0.25) is 0 Å². The Bertz CT molecular complexity index is 4260. The molecule has 0 aliphatic carbocycles. The van der Waals surface area contributed by atoms with Crippen molar-refractivity contribution in [2.45, 2.75) is 13.8 Å². The molecular formula is C68H46N2O2. The SMILES string of the molecule is Cc1ccc2c(-c3ccc(N(c4ccccc4)c4ccccc4-c4ccccc4)cc3)cc3c4cc(C)cc5c4c(cc3c2c1)-c1ccc(N(c2ccccc2)c2ccc3oc4ccccc4c3c2)cc1O5. The minimum Gasteiger partial charge on any atom is -0.456 e. The molecule has 4 heteroatoms. The van der Waals surface area contributed by atoms with Gasteiger partial charge in [-0.2, -0.15) is 0 Å². The van der Waals surface area contributed by atoms with E-state index in [9.17, 15) is 0 Å². The van der Waals surface area contributed by atoms with Crippen molar-refractivity contribution in [2.75, 3.05) is 9.80 Å². The summed E-state index contributed by atoms with van der Waals surface area (Å²) in [5.74, 6) is 1.70. The first kappa shape index (κ1) is 41.6. The number of anilines is 6. The first-order valence-electron chi connectivity index (χ1n) is 24.6. The molecule has 72 heavy (non-hydrogen) atoms. The Morgan fingerprint density at radius 2 is 0.875 bits per heavy atom. The lowest BCUT2D eigenvalue weighted by atomic mass is 9.85. The fraction of sp³-hybridized carbons (Fsp3) is 0.0294. The first-order valence-corrected chi connectivity index (χ1v) is 24.6. The maximum absolute atomic E-state index is 7.08. The van der Waals surface area contributed by atoms with Crippen molar-refractivity contribution in [3.8, 4) is 44.9 Å². The Kier molecular flexibility index (Phi) is 9.62. The minimum atomic E-state index is 0.829. The van der Waals surface area contributed by atoms with E-state index in [0.717, 1.165) is 89.6 Å². The van der Waals surface area contributed by atoms with Crippen molar-refractivity contribution in [3.05, 3.63) is 254 Å². The van der Waals surface area contributed by atoms with Crippen LogP contribution < -0.4 is 14.5 Å². The highest BCUT2D eigenvalue weighted by molar-refractivity contribution is 6.25. The molecule has 4 nitrogen and oxygen atoms in total. The van der Waals surface area contributed by atoms with Crippen LogP contribution in [0.25, 0.3) is 87.6 Å². The quantitative estimate of drug-likeness (QED) is 0.142. The highest BCUT2D eigenvalue weighted by Crippen LogP contribution is 2.53. The van der Waals surface area contributed by atoms with Gasteiger partial charge in [-0.15, -0.1) is 0 Å². The minimum absolute atomic E-state index is 0.829. The van der Waals surface area contributed by atoms with Crippen LogP contribution in [-0.4, -0.2) is 0 Å². The lowest BCUT2D eigenvalue weighted by Gasteiger charge is -2.28. The molecule has 0 radical (unpaired) electrons. The molecule has 0 atom stereocenters. The van der Waals surface area contributed by atoms with Crippen molar-refractivity contribution in [1.82, 2.24) is 0 Å². The molecule has 2 heterocycles. The van der Waals surface area contributed by atoms with Crippen LogP contribution >= 0.6 is 0 Å². The number of nitrogens with zero attached hydrogens (tertiary/aromatic N) is 2. The van der Waals surface area contributed by atoms with Gasteiger partial charge in [-0.05, 0) is 166 Å². The molecule has 1 aliphatic heterocycles. The van der Waals surface area contributed by atoms with Gasteiger partial charge in [-0.25, -0.2) is 0 Å². The Morgan fingerprint density at radius 1 is 0.292 bits per heavy atom. The fourth-order valence-electron chi connectivity index (χ4n) is 11.2. The third-order valence-electron chi connectivity index (χ3n) is 14.5. The van der Waals surface area contributed by atoms with Crippen LogP contribution in [0.15, 0.2) is 247 Å². The molecule has 14 rings (SSSR count). The highest BCUT2D eigenvalue weighted by atomic mass is 16.5. The average molecular weight is 923 g/mol. The Morgan fingerprint density at radius 3 is 1.68 bits per heavy atom. The number of benzene rings is 12. The third-order valence-corrected chi connectivity index (χ3v) is 14.5. The summed E-state index contributed by atoms with van der Waals surface area (Å²) in [5, 5.41) is 9.39. The monoisotopic (exact) mass is 922 g/mol. The number of aryl methyl sites for hydroxylation is 2. The standard InChI is InChI=1S/C68H46N2O2/c1-43-26-33-53-56(46-27-29-49(30-28-46)70(48-20-10-5-11-21-48)63-24-14-12-22-52(63)45-16-6-3-7-17-45)41-59-58(57(53)36-43)42-62-55-34-31-51(40-66(55)72-67-38-44(2)37-61(59)68(62)67)69(47-18-8-4-9-19-47)50-32-35-65-60(39-50)54-23-13-15-25-64(54)71-65/h3-42H,1-2H3. The molecule has 0 unspecified atom stereocenters. The number of para-hydroxylation sites is 4. The van der Waals surface area contributed by atoms with Crippen molar-refractivity contribution in [1.29, 1.82) is 0 Å². The normalized spacial score (nSPS) is 11.9. The van der Waals surface area contributed by atoms with Crippen LogP contribution in [0.1, 0.15) is 11.1 Å². The number of hydrogen-bond acceptors (Lipinski definition) is 4. The van der Waals surface area contributed by atoms with E-state index in [1.54, 1.807) is 0 Å². The summed E-state index contributed by atoms with van der Waals surface area (Å²) in [5.41, 5.74) is 17.5. The molecule has 0 saturated heterocycles. The largest absolute Gasteiger partial charge is 0.456 e. The van der Waals surface area contributed by atoms with Crippen LogP contribution in [0.4, 0.5) is 34.1 Å². The summed E-state index contributed by atoms with van der Waals surface area (Å²) in [4.78, 5) is 4.67. The summed E-state index contributed by atoms with van der Waals surface area (Å²) < 4.78 is 13.3. The first-order chi connectivity index (χ1) is 35.5. The smallest absolute Gasteiger partial charge is 0.137 e. The molecule has 0 N–H and O–H groups in total. The van der Waals surface area contributed by atoms with Gasteiger partial charge in [0.15, 0.2) is 0 Å². The fourth-order valence-corrected chi connectivity index (χ4v) is 11.2. The number of rotatable bonds is 8. The highest BCUT2D eigenvalue weighted by Gasteiger charge is 2.26. The summed E-state index contributed by atoms with van der Waals surface area (Å²) in [7, 11) is 0. The second-order valence-corrected chi connectivity index (χ2v) is 19.0. The van der Waals surface area contributed by atoms with E-state index in [-0.39, 0.29) is 0 Å². The summed E-state index contributed by atoms with van der Waals surface area (Å²) in [6, 6.07) is 87.4. The zero-order valence-electron chi connectivity index (χ0n) is 39.8. The predicted octanol–water partition coefficient (Wildman–Crippen LogP) is 19.7. The van der Waals surface area contributed by atoms with Gasteiger partial charge in [-0.1, -0.05) is 145 Å². The van der Waals surface area contributed by atoms with Crippen LogP contribution in [0.3, 0.4) is 0 Å². The Balaban J connectivity index is 0.910. The van der Waals surface area contributed by atoms with E-state index < -0.39 is 0 Å². The molecule has 0 amide bonds. The molecule has 13 aromatic rings. The Labute approximate surface area is 417 Å². The lowest BCUT2D eigenvalue weighted by molar-refractivity contribution is 0.487. The van der Waals surface area contributed by atoms with Gasteiger partial charge in [0.05, 0.1) is 5.69 Å². The summed E-state index contributed by atoms with van der Waals surface area (Å²) >= 11 is 0. The van der Waals surface area contributed by atoms with Crippen molar-refractivity contribution in [3.63, 3.8) is 0 Å². The molecule has 0 spiro atoms. The van der Waals surface area contributed by atoms with Crippen molar-refractivity contribution < 1.29 is 9.15 Å². The summed E-state index contributed by atoms with van der Waals surface area (Å²) in [6.45, 7) is 4.37. The molecule has 1 aliphatic rings. The predicted molar refractivity (Wildman–Crippen MR) is 301 cm³/mol. The second-order valence-electron chi connectivity index (χ2n) is 19.0. The third kappa shape index (κ3) is 6.83. The van der Waals surface area contributed by atoms with Crippen LogP contribution in [0.2, 0.25) is 0 Å². The van der Waals surface area contributed by atoms with E-state index in [1.807, 2.05) is 12.1 Å². The topological polar surface area (TPSA) is 28.9 Å². The van der Waals surface area contributed by atoms with E-state index >= 15 is 0 Å². The lowest BCUT2D eigenvalue weighted by Crippen LogP contribution is -2.11. The van der Waals surface area contributed by atoms with Gasteiger partial charge in [0, 0.05) is 61.8 Å². The molecule has 0 saturated carbocycles. The molecule has 12 aromatic carbocycles. The zero-order valence-corrected chi connectivity index (χ0v) is 39.8. The van der Waals surface area contributed by atoms with Gasteiger partial charge in [-0.3, -0.25) is 0 Å². The maximum Gasteiger partial charge on any atom is 0.137 e. The Hall–Kier alpha value is -9.38. The van der Waals surface area contributed by atoms with E-state index in [4.69, 9.17) is 9.15 Å². The zero-order chi connectivity index (χ0) is 47.9. The van der Waals surface area contributed by atoms with Crippen LogP contribution in [0.5, 0.6) is 11.5 Å². The van der Waals surface area contributed by atoms with Crippen molar-refractivity contribution in [2.24, 2.45) is 0 Å². The van der Waals surface area contributed by atoms with Crippen LogP contribution in [-0.2, 0) is 0 Å². The number of ether oxygens (including phenoxy) is 1.